The summed E-state index contributed by atoms with van der Waals surface area (Å²) in [6, 6.07) is 7.64. The molecule has 19 heavy (non-hydrogen) atoms. The molecule has 2 rings (SSSR count). The number of carbonyl (C=O) groups is 2. The molecule has 0 saturated heterocycles. The van der Waals surface area contributed by atoms with Crippen molar-refractivity contribution in [1.82, 2.24) is 4.98 Å². The Kier molecular flexibility index (Phi) is 3.15. The van der Waals surface area contributed by atoms with Crippen molar-refractivity contribution in [2.24, 2.45) is 5.73 Å². The Morgan fingerprint density at radius 1 is 1.16 bits per heavy atom. The van der Waals surface area contributed by atoms with Gasteiger partial charge in [0.15, 0.2) is 0 Å². The molecule has 0 aliphatic carbocycles. The number of aromatic amines is 1. The van der Waals surface area contributed by atoms with E-state index in [1.807, 2.05) is 0 Å². The van der Waals surface area contributed by atoms with E-state index in [2.05, 4.69) is 4.98 Å². The highest BCUT2D eigenvalue weighted by molar-refractivity contribution is 5.94. The van der Waals surface area contributed by atoms with Crippen molar-refractivity contribution in [3.05, 3.63) is 58.0 Å². The molecular weight excluding hydrogens is 248 g/mol. The lowest BCUT2D eigenvalue weighted by atomic mass is 10.0. The van der Waals surface area contributed by atoms with Crippen LogP contribution in [0.1, 0.15) is 20.7 Å². The zero-order valence-corrected chi connectivity index (χ0v) is 9.71. The first-order chi connectivity index (χ1) is 8.99. The minimum Gasteiger partial charge on any atom is -0.477 e. The normalized spacial score (nSPS) is 10.1. The number of nitrogens with two attached hydrogens (primary N) is 1. The van der Waals surface area contributed by atoms with Crippen molar-refractivity contribution in [3.63, 3.8) is 0 Å². The first-order valence-corrected chi connectivity index (χ1v) is 5.35. The highest BCUT2D eigenvalue weighted by Gasteiger charge is 2.11. The molecule has 1 heterocycles. The molecule has 4 N–H and O–H groups in total. The van der Waals surface area contributed by atoms with Crippen LogP contribution in [0.5, 0.6) is 0 Å². The molecule has 0 aliphatic rings. The van der Waals surface area contributed by atoms with Crippen LogP contribution < -0.4 is 11.3 Å². The number of benzene rings is 1. The van der Waals surface area contributed by atoms with Crippen molar-refractivity contribution >= 4 is 11.9 Å². The predicted molar refractivity (Wildman–Crippen MR) is 68.0 cm³/mol. The first-order valence-electron chi connectivity index (χ1n) is 5.35. The number of aromatic nitrogens is 1. The predicted octanol–water partition coefficient (Wildman–Crippen LogP) is 0.839. The number of aromatic carboxylic acids is 1. The molecule has 1 aromatic heterocycles. The third-order valence-electron chi connectivity index (χ3n) is 2.61. The zero-order chi connectivity index (χ0) is 14.0. The van der Waals surface area contributed by atoms with Gasteiger partial charge in [0, 0.05) is 11.8 Å². The highest BCUT2D eigenvalue weighted by atomic mass is 16.4. The Hall–Kier alpha value is -2.89. The number of carbonyl (C=O) groups excluding carboxylic acids is 1. The molecule has 2 aromatic rings. The number of rotatable bonds is 3. The zero-order valence-electron chi connectivity index (χ0n) is 9.71. The lowest BCUT2D eigenvalue weighted by Crippen LogP contribution is -2.16. The molecule has 0 atom stereocenters. The van der Waals surface area contributed by atoms with Gasteiger partial charge >= 0.3 is 5.97 Å². The number of amides is 1. The second kappa shape index (κ2) is 4.77. The number of carboxylic acid groups (broad SMARTS) is 1. The number of nitrogens with one attached hydrogen (secondary N) is 1. The van der Waals surface area contributed by atoms with Gasteiger partial charge < -0.3 is 15.8 Å². The van der Waals surface area contributed by atoms with Gasteiger partial charge in [-0.15, -0.1) is 0 Å². The summed E-state index contributed by atoms with van der Waals surface area (Å²) in [5, 5.41) is 8.89. The molecule has 0 aliphatic heterocycles. The molecule has 0 bridgehead atoms. The Morgan fingerprint density at radius 3 is 2.53 bits per heavy atom. The average Bonchev–Trinajstić information content (AvgIpc) is 2.39. The summed E-state index contributed by atoms with van der Waals surface area (Å²) < 4.78 is 0. The van der Waals surface area contributed by atoms with Gasteiger partial charge in [-0.1, -0.05) is 12.1 Å². The van der Waals surface area contributed by atoms with Crippen molar-refractivity contribution in [2.75, 3.05) is 0 Å². The van der Waals surface area contributed by atoms with E-state index in [0.29, 0.717) is 16.7 Å². The third kappa shape index (κ3) is 2.52. The summed E-state index contributed by atoms with van der Waals surface area (Å²) in [4.78, 5) is 35.6. The standard InChI is InChI=1S/C13H10N2O4/c14-11(16)8-3-1-2-7(4-8)9-5-10(13(18)19)12(17)15-6-9/h1-6H,(H2,14,16)(H,15,17)(H,18,19). The van der Waals surface area contributed by atoms with Crippen LogP contribution in [0.25, 0.3) is 11.1 Å². The topological polar surface area (TPSA) is 113 Å². The van der Waals surface area contributed by atoms with Crippen LogP contribution in [0.15, 0.2) is 41.3 Å². The summed E-state index contributed by atoms with van der Waals surface area (Å²) in [5.74, 6) is -1.89. The summed E-state index contributed by atoms with van der Waals surface area (Å²) in [6.07, 6.45) is 1.38. The second-order valence-corrected chi connectivity index (χ2v) is 3.88. The number of primary amides is 1. The summed E-state index contributed by atoms with van der Waals surface area (Å²) >= 11 is 0. The SMILES string of the molecule is NC(=O)c1cccc(-c2c[nH]c(=O)c(C(=O)O)c2)c1. The van der Waals surface area contributed by atoms with Crippen molar-refractivity contribution in [2.45, 2.75) is 0 Å². The van der Waals surface area contributed by atoms with E-state index in [1.165, 1.54) is 18.3 Å². The number of hydrogen-bond donors (Lipinski definition) is 3. The van der Waals surface area contributed by atoms with E-state index in [4.69, 9.17) is 10.8 Å². The minimum atomic E-state index is -1.31. The second-order valence-electron chi connectivity index (χ2n) is 3.88. The molecule has 6 heteroatoms. The largest absolute Gasteiger partial charge is 0.477 e. The fourth-order valence-electron chi connectivity index (χ4n) is 1.66. The number of hydrogen-bond acceptors (Lipinski definition) is 3. The maximum atomic E-state index is 11.3. The van der Waals surface area contributed by atoms with Crippen LogP contribution in [0.4, 0.5) is 0 Å². The molecule has 0 fully saturated rings. The lowest BCUT2D eigenvalue weighted by Gasteiger charge is -2.04. The van der Waals surface area contributed by atoms with E-state index < -0.39 is 17.4 Å². The van der Waals surface area contributed by atoms with Gasteiger partial charge in [0.1, 0.15) is 5.56 Å². The van der Waals surface area contributed by atoms with Gasteiger partial charge in [-0.05, 0) is 29.3 Å². The van der Waals surface area contributed by atoms with Crippen LogP contribution in [-0.4, -0.2) is 22.0 Å². The summed E-state index contributed by atoms with van der Waals surface area (Å²) in [6.45, 7) is 0. The molecular formula is C13H10N2O4. The molecule has 0 spiro atoms. The fraction of sp³-hybridized carbons (Fsp3) is 0. The van der Waals surface area contributed by atoms with Gasteiger partial charge in [-0.3, -0.25) is 9.59 Å². The van der Waals surface area contributed by atoms with Crippen molar-refractivity contribution in [1.29, 1.82) is 0 Å². The molecule has 1 amide bonds. The van der Waals surface area contributed by atoms with Gasteiger partial charge in [0.25, 0.3) is 5.56 Å². The Labute approximate surface area is 107 Å². The monoisotopic (exact) mass is 258 g/mol. The first kappa shape index (κ1) is 12.6. The molecule has 6 nitrogen and oxygen atoms in total. The van der Waals surface area contributed by atoms with Crippen molar-refractivity contribution < 1.29 is 14.7 Å². The smallest absolute Gasteiger partial charge is 0.341 e. The van der Waals surface area contributed by atoms with Crippen LogP contribution in [0.2, 0.25) is 0 Å². The van der Waals surface area contributed by atoms with Gasteiger partial charge in [0.2, 0.25) is 5.91 Å². The van der Waals surface area contributed by atoms with Crippen LogP contribution in [0.3, 0.4) is 0 Å². The van der Waals surface area contributed by atoms with Gasteiger partial charge in [-0.2, -0.15) is 0 Å². The minimum absolute atomic E-state index is 0.306. The Bertz CT molecular complexity index is 719. The van der Waals surface area contributed by atoms with E-state index in [0.717, 1.165) is 0 Å². The third-order valence-corrected chi connectivity index (χ3v) is 2.61. The Balaban J connectivity index is 2.56. The highest BCUT2D eigenvalue weighted by Crippen LogP contribution is 2.19. The van der Waals surface area contributed by atoms with E-state index in [9.17, 15) is 14.4 Å². The lowest BCUT2D eigenvalue weighted by molar-refractivity contribution is 0.0694. The molecule has 96 valence electrons. The quantitative estimate of drug-likeness (QED) is 0.756. The van der Waals surface area contributed by atoms with E-state index >= 15 is 0 Å². The molecule has 0 saturated carbocycles. The number of pyridine rings is 1. The van der Waals surface area contributed by atoms with E-state index in [-0.39, 0.29) is 5.56 Å². The van der Waals surface area contributed by atoms with Gasteiger partial charge in [0.05, 0.1) is 0 Å². The molecule has 0 unspecified atom stereocenters. The van der Waals surface area contributed by atoms with Crippen LogP contribution >= 0.6 is 0 Å². The average molecular weight is 258 g/mol. The van der Waals surface area contributed by atoms with Crippen molar-refractivity contribution in [3.8, 4) is 11.1 Å². The molecule has 1 aromatic carbocycles. The number of H-pyrrole nitrogens is 1. The molecule has 0 radical (unpaired) electrons. The fourth-order valence-corrected chi connectivity index (χ4v) is 1.66. The Morgan fingerprint density at radius 2 is 1.89 bits per heavy atom. The maximum absolute atomic E-state index is 11.3. The number of carboxylic acids is 1. The van der Waals surface area contributed by atoms with Gasteiger partial charge in [-0.25, -0.2) is 4.79 Å². The van der Waals surface area contributed by atoms with Crippen LogP contribution in [0, 0.1) is 0 Å². The maximum Gasteiger partial charge on any atom is 0.341 e. The summed E-state index contributed by atoms with van der Waals surface area (Å²) in [7, 11) is 0. The van der Waals surface area contributed by atoms with Crippen LogP contribution in [-0.2, 0) is 0 Å². The summed E-state index contributed by atoms with van der Waals surface area (Å²) in [5.41, 5.74) is 5.52. The van der Waals surface area contributed by atoms with E-state index in [1.54, 1.807) is 18.2 Å².